The number of nitrogens with one attached hydrogen (secondary N) is 1. The number of hydrogen-bond donors (Lipinski definition) is 2. The van der Waals surface area contributed by atoms with Gasteiger partial charge in [0, 0.05) is 17.8 Å². The molecule has 0 heterocycles. The zero-order valence-electron chi connectivity index (χ0n) is 11.3. The summed E-state index contributed by atoms with van der Waals surface area (Å²) in [4.78, 5) is 11.5. The second kappa shape index (κ2) is 6.21. The number of rotatable bonds is 4. The molecule has 2 rings (SSSR count). The first-order valence-corrected chi connectivity index (χ1v) is 6.17. The molecule has 0 amide bonds. The monoisotopic (exact) mass is 292 g/mol. The van der Waals surface area contributed by atoms with Gasteiger partial charge in [-0.1, -0.05) is 18.2 Å². The number of benzene rings is 2. The number of nitrogen functional groups attached to an aromatic ring is 1. The van der Waals surface area contributed by atoms with E-state index in [1.54, 1.807) is 18.2 Å². The molecular weight excluding hydrogens is 278 g/mol. The van der Waals surface area contributed by atoms with Gasteiger partial charge in [-0.3, -0.25) is 0 Å². The van der Waals surface area contributed by atoms with Crippen molar-refractivity contribution in [2.24, 2.45) is 0 Å². The van der Waals surface area contributed by atoms with E-state index < -0.39 is 17.6 Å². The number of methoxy groups -OCH3 is 1. The summed E-state index contributed by atoms with van der Waals surface area (Å²) in [6.45, 7) is 0.0775. The zero-order chi connectivity index (χ0) is 15.4. The van der Waals surface area contributed by atoms with Gasteiger partial charge in [-0.15, -0.1) is 0 Å². The Kier molecular flexibility index (Phi) is 4.37. The molecule has 0 spiro atoms. The predicted molar refractivity (Wildman–Crippen MR) is 75.9 cm³/mol. The molecule has 0 saturated carbocycles. The summed E-state index contributed by atoms with van der Waals surface area (Å²) in [6, 6.07) is 8.42. The van der Waals surface area contributed by atoms with Crippen LogP contribution in [0.3, 0.4) is 0 Å². The minimum atomic E-state index is -0.665. The highest BCUT2D eigenvalue weighted by Crippen LogP contribution is 2.23. The molecule has 0 aliphatic rings. The summed E-state index contributed by atoms with van der Waals surface area (Å²) in [5.74, 6) is -1.69. The van der Waals surface area contributed by atoms with Gasteiger partial charge in [0.1, 0.15) is 11.6 Å². The maximum atomic E-state index is 13.8. The molecule has 21 heavy (non-hydrogen) atoms. The molecule has 0 fully saturated rings. The van der Waals surface area contributed by atoms with Gasteiger partial charge in [-0.2, -0.15) is 0 Å². The Morgan fingerprint density at radius 3 is 2.62 bits per heavy atom. The minimum absolute atomic E-state index is 0.0178. The highest BCUT2D eigenvalue weighted by atomic mass is 19.1. The third-order valence-corrected chi connectivity index (χ3v) is 2.97. The van der Waals surface area contributed by atoms with Gasteiger partial charge in [0.25, 0.3) is 0 Å². The fraction of sp³-hybridized carbons (Fsp3) is 0.133. The zero-order valence-corrected chi connectivity index (χ0v) is 11.3. The van der Waals surface area contributed by atoms with E-state index in [-0.39, 0.29) is 23.5 Å². The van der Waals surface area contributed by atoms with E-state index in [0.717, 1.165) is 6.07 Å². The van der Waals surface area contributed by atoms with Crippen molar-refractivity contribution in [3.05, 3.63) is 59.2 Å². The van der Waals surface area contributed by atoms with Crippen LogP contribution in [0, 0.1) is 11.6 Å². The van der Waals surface area contributed by atoms with Gasteiger partial charge >= 0.3 is 5.97 Å². The minimum Gasteiger partial charge on any atom is -0.465 e. The Bertz CT molecular complexity index is 675. The molecule has 0 aliphatic heterocycles. The van der Waals surface area contributed by atoms with Crippen molar-refractivity contribution >= 4 is 17.3 Å². The third kappa shape index (κ3) is 3.28. The van der Waals surface area contributed by atoms with Crippen molar-refractivity contribution in [3.8, 4) is 0 Å². The van der Waals surface area contributed by atoms with Gasteiger partial charge in [0.15, 0.2) is 0 Å². The molecule has 2 aromatic carbocycles. The van der Waals surface area contributed by atoms with Crippen molar-refractivity contribution in [1.29, 1.82) is 0 Å². The molecule has 6 heteroatoms. The Morgan fingerprint density at radius 2 is 1.95 bits per heavy atom. The number of nitrogens with two attached hydrogens (primary N) is 1. The summed E-state index contributed by atoms with van der Waals surface area (Å²) < 4.78 is 31.9. The van der Waals surface area contributed by atoms with Gasteiger partial charge in [0.05, 0.1) is 18.4 Å². The predicted octanol–water partition coefficient (Wildman–Crippen LogP) is 2.95. The average molecular weight is 292 g/mol. The Hall–Kier alpha value is -2.63. The number of carbonyl (C=O) groups excluding carboxylic acids is 1. The molecule has 0 unspecified atom stereocenters. The fourth-order valence-electron chi connectivity index (χ4n) is 1.84. The van der Waals surface area contributed by atoms with Crippen LogP contribution in [0.5, 0.6) is 0 Å². The SMILES string of the molecule is COC(=O)c1cc(NCc2ccccc2F)c(F)cc1N. The third-order valence-electron chi connectivity index (χ3n) is 2.97. The molecule has 4 nitrogen and oxygen atoms in total. The maximum absolute atomic E-state index is 13.8. The van der Waals surface area contributed by atoms with Crippen LogP contribution in [0.2, 0.25) is 0 Å². The van der Waals surface area contributed by atoms with Crippen molar-refractivity contribution in [2.75, 3.05) is 18.2 Å². The largest absolute Gasteiger partial charge is 0.465 e. The van der Waals surface area contributed by atoms with Crippen LogP contribution in [-0.4, -0.2) is 13.1 Å². The molecule has 0 bridgehead atoms. The quantitative estimate of drug-likeness (QED) is 0.671. The highest BCUT2D eigenvalue weighted by molar-refractivity contribution is 5.96. The topological polar surface area (TPSA) is 64.3 Å². The van der Waals surface area contributed by atoms with E-state index >= 15 is 0 Å². The number of ether oxygens (including phenoxy) is 1. The van der Waals surface area contributed by atoms with Crippen LogP contribution >= 0.6 is 0 Å². The van der Waals surface area contributed by atoms with Crippen molar-refractivity contribution in [1.82, 2.24) is 0 Å². The number of hydrogen-bond acceptors (Lipinski definition) is 4. The Labute approximate surface area is 120 Å². The van der Waals surface area contributed by atoms with Crippen LogP contribution < -0.4 is 11.1 Å². The smallest absolute Gasteiger partial charge is 0.340 e. The molecule has 0 saturated heterocycles. The lowest BCUT2D eigenvalue weighted by Crippen LogP contribution is -2.09. The highest BCUT2D eigenvalue weighted by Gasteiger charge is 2.14. The first kappa shape index (κ1) is 14.8. The van der Waals surface area contributed by atoms with Crippen molar-refractivity contribution < 1.29 is 18.3 Å². The Balaban J connectivity index is 2.24. The van der Waals surface area contributed by atoms with Gasteiger partial charge in [0.2, 0.25) is 0 Å². The molecular formula is C15H14F2N2O2. The van der Waals surface area contributed by atoms with Crippen molar-refractivity contribution in [2.45, 2.75) is 6.54 Å². The summed E-state index contributed by atoms with van der Waals surface area (Å²) in [7, 11) is 1.21. The number of anilines is 2. The maximum Gasteiger partial charge on any atom is 0.340 e. The van der Waals surface area contributed by atoms with E-state index in [1.807, 2.05) is 0 Å². The molecule has 0 aliphatic carbocycles. The molecule has 3 N–H and O–H groups in total. The lowest BCUT2D eigenvalue weighted by Gasteiger charge is -2.11. The first-order valence-electron chi connectivity index (χ1n) is 6.17. The lowest BCUT2D eigenvalue weighted by molar-refractivity contribution is 0.0602. The molecule has 2 aromatic rings. The van der Waals surface area contributed by atoms with E-state index in [9.17, 15) is 13.6 Å². The van der Waals surface area contributed by atoms with Crippen LogP contribution in [0.25, 0.3) is 0 Å². The van der Waals surface area contributed by atoms with Crippen LogP contribution in [0.1, 0.15) is 15.9 Å². The van der Waals surface area contributed by atoms with E-state index in [1.165, 1.54) is 19.2 Å². The van der Waals surface area contributed by atoms with E-state index in [2.05, 4.69) is 10.1 Å². The van der Waals surface area contributed by atoms with Crippen LogP contribution in [0.4, 0.5) is 20.2 Å². The van der Waals surface area contributed by atoms with Gasteiger partial charge in [-0.05, 0) is 18.2 Å². The van der Waals surface area contributed by atoms with E-state index in [0.29, 0.717) is 5.56 Å². The molecule has 0 atom stereocenters. The summed E-state index contributed by atoms with van der Waals surface area (Å²) in [6.07, 6.45) is 0. The fourth-order valence-corrected chi connectivity index (χ4v) is 1.84. The van der Waals surface area contributed by atoms with Gasteiger partial charge in [-0.25, -0.2) is 13.6 Å². The second-order valence-electron chi connectivity index (χ2n) is 4.36. The number of carbonyl (C=O) groups is 1. The van der Waals surface area contributed by atoms with Crippen molar-refractivity contribution in [3.63, 3.8) is 0 Å². The number of esters is 1. The van der Waals surface area contributed by atoms with Crippen LogP contribution in [-0.2, 0) is 11.3 Å². The van der Waals surface area contributed by atoms with Gasteiger partial charge < -0.3 is 15.8 Å². The molecule has 0 aromatic heterocycles. The van der Waals surface area contributed by atoms with E-state index in [4.69, 9.17) is 5.73 Å². The van der Waals surface area contributed by atoms with Crippen LogP contribution in [0.15, 0.2) is 36.4 Å². The molecule has 0 radical (unpaired) electrons. The lowest BCUT2D eigenvalue weighted by atomic mass is 10.1. The summed E-state index contributed by atoms with van der Waals surface area (Å²) in [5, 5.41) is 2.74. The standard InChI is InChI=1S/C15H14F2N2O2/c1-21-15(20)10-6-14(12(17)7-13(10)18)19-8-9-4-2-3-5-11(9)16/h2-7,19H,8,18H2,1H3. The summed E-state index contributed by atoms with van der Waals surface area (Å²) >= 11 is 0. The molecule has 110 valence electrons. The summed E-state index contributed by atoms with van der Waals surface area (Å²) in [5.41, 5.74) is 6.03. The normalized spacial score (nSPS) is 10.2. The number of halogens is 2. The first-order chi connectivity index (χ1) is 10.0. The average Bonchev–Trinajstić information content (AvgIpc) is 2.47. The second-order valence-corrected chi connectivity index (χ2v) is 4.36. The Morgan fingerprint density at radius 1 is 1.24 bits per heavy atom.